The Morgan fingerprint density at radius 1 is 0.702 bits per heavy atom. The summed E-state index contributed by atoms with van der Waals surface area (Å²) in [5, 5.41) is 16.8. The van der Waals surface area contributed by atoms with Crippen molar-refractivity contribution in [1.29, 1.82) is 0 Å². The number of benzene rings is 4. The van der Waals surface area contributed by atoms with Gasteiger partial charge in [0.1, 0.15) is 53.6 Å². The molecule has 0 bridgehead atoms. The van der Waals surface area contributed by atoms with Gasteiger partial charge in [0.2, 0.25) is 0 Å². The number of hydrogen-bond acceptors (Lipinski definition) is 10. The molecule has 2 heterocycles. The first kappa shape index (κ1) is 41.3. The Bertz CT molecular complexity index is 1950. The van der Waals surface area contributed by atoms with Gasteiger partial charge in [0.15, 0.2) is 0 Å². The highest BCUT2D eigenvalue weighted by molar-refractivity contribution is 5.80. The highest BCUT2D eigenvalue weighted by Crippen LogP contribution is 2.38. The summed E-state index contributed by atoms with van der Waals surface area (Å²) in [6.07, 6.45) is -4.75. The van der Waals surface area contributed by atoms with E-state index in [1.165, 1.54) is 0 Å². The molecule has 2 N–H and O–H groups in total. The van der Waals surface area contributed by atoms with Gasteiger partial charge in [-0.2, -0.15) is 0 Å². The summed E-state index contributed by atoms with van der Waals surface area (Å²) in [5.74, 6) is -1.06. The number of alkyl carbamates (subject to hydrolysis) is 1. The lowest BCUT2D eigenvalue weighted by atomic mass is 9.92. The smallest absolute Gasteiger partial charge is 0.408 e. The van der Waals surface area contributed by atoms with Gasteiger partial charge in [-0.3, -0.25) is 0 Å². The standard InChI is InChI=1S/C45H50N2O10/c1-45(2,3)56-44(50)46-37(43(48)49)25-35-24-36(47-57-35)39-41(53-28-33-20-12-6-13-21-33)42(54-29-34-22-14-7-15-23-34)40(52-27-32-18-10-5-11-19-32)38(55-39)30-51-26-31-16-8-4-9-17-31/h4-24,37-42H,25-30H2,1-3H3,(H,46,50)(H,48,49)/t37-,38+,39-,40-,41-,42-/m0/s1. The molecule has 300 valence electrons. The molecule has 6 atom stereocenters. The lowest BCUT2D eigenvalue weighted by Crippen LogP contribution is -2.58. The van der Waals surface area contributed by atoms with E-state index in [1.54, 1.807) is 26.8 Å². The van der Waals surface area contributed by atoms with E-state index < -0.39 is 54.2 Å². The van der Waals surface area contributed by atoms with Crippen molar-refractivity contribution in [3.63, 3.8) is 0 Å². The Morgan fingerprint density at radius 2 is 1.18 bits per heavy atom. The van der Waals surface area contributed by atoms with Crippen LogP contribution in [0.5, 0.6) is 0 Å². The highest BCUT2D eigenvalue weighted by Gasteiger charge is 2.50. The molecule has 0 unspecified atom stereocenters. The van der Waals surface area contributed by atoms with E-state index in [9.17, 15) is 14.7 Å². The maximum atomic E-state index is 12.5. The van der Waals surface area contributed by atoms with Crippen LogP contribution in [0, 0.1) is 0 Å². The van der Waals surface area contributed by atoms with Crippen molar-refractivity contribution < 1.29 is 47.6 Å². The van der Waals surface area contributed by atoms with Crippen molar-refractivity contribution in [2.45, 2.75) is 95.8 Å². The van der Waals surface area contributed by atoms with Crippen LogP contribution in [0.2, 0.25) is 0 Å². The maximum absolute atomic E-state index is 12.5. The van der Waals surface area contributed by atoms with Crippen molar-refractivity contribution in [3.05, 3.63) is 161 Å². The van der Waals surface area contributed by atoms with E-state index in [0.717, 1.165) is 22.3 Å². The molecule has 1 aromatic heterocycles. The number of carboxylic acids is 1. The molecule has 0 saturated carbocycles. The molecule has 12 nitrogen and oxygen atoms in total. The summed E-state index contributed by atoms with van der Waals surface area (Å²) >= 11 is 0. The van der Waals surface area contributed by atoms with E-state index in [4.69, 9.17) is 32.9 Å². The van der Waals surface area contributed by atoms with Crippen LogP contribution in [-0.4, -0.2) is 65.0 Å². The molecule has 1 amide bonds. The topological polar surface area (TPSA) is 148 Å². The molecule has 5 aromatic rings. The second-order valence-electron chi connectivity index (χ2n) is 14.8. The fraction of sp³-hybridized carbons (Fsp3) is 0.356. The lowest BCUT2D eigenvalue weighted by Gasteiger charge is -2.45. The van der Waals surface area contributed by atoms with Crippen molar-refractivity contribution in [2.24, 2.45) is 0 Å². The molecule has 1 fully saturated rings. The number of amides is 1. The van der Waals surface area contributed by atoms with Crippen LogP contribution in [0.25, 0.3) is 0 Å². The number of aliphatic carboxylic acids is 1. The first-order valence-corrected chi connectivity index (χ1v) is 19.0. The molecular formula is C45H50N2O10. The normalized spacial score (nSPS) is 20.1. The lowest BCUT2D eigenvalue weighted by molar-refractivity contribution is -0.276. The van der Waals surface area contributed by atoms with E-state index in [-0.39, 0.29) is 38.6 Å². The molecule has 6 rings (SSSR count). The average molecular weight is 779 g/mol. The van der Waals surface area contributed by atoms with Gasteiger partial charge in [0.05, 0.1) is 33.0 Å². The van der Waals surface area contributed by atoms with E-state index in [0.29, 0.717) is 12.3 Å². The van der Waals surface area contributed by atoms with Crippen LogP contribution >= 0.6 is 0 Å². The van der Waals surface area contributed by atoms with Gasteiger partial charge in [-0.1, -0.05) is 126 Å². The Kier molecular flexibility index (Phi) is 14.6. The third-order valence-electron chi connectivity index (χ3n) is 9.15. The summed E-state index contributed by atoms with van der Waals surface area (Å²) in [6, 6.07) is 39.6. The summed E-state index contributed by atoms with van der Waals surface area (Å²) < 4.78 is 44.5. The van der Waals surface area contributed by atoms with Crippen LogP contribution in [0.4, 0.5) is 4.79 Å². The fourth-order valence-corrected chi connectivity index (χ4v) is 6.44. The van der Waals surface area contributed by atoms with Crippen LogP contribution in [0.3, 0.4) is 0 Å². The van der Waals surface area contributed by atoms with Crippen molar-refractivity contribution in [3.8, 4) is 0 Å². The maximum Gasteiger partial charge on any atom is 0.408 e. The Labute approximate surface area is 333 Å². The van der Waals surface area contributed by atoms with Gasteiger partial charge in [0.25, 0.3) is 0 Å². The van der Waals surface area contributed by atoms with E-state index in [2.05, 4.69) is 10.5 Å². The van der Waals surface area contributed by atoms with Gasteiger partial charge in [-0.05, 0) is 43.0 Å². The number of carboxylic acid groups (broad SMARTS) is 1. The van der Waals surface area contributed by atoms with Gasteiger partial charge in [-0.15, -0.1) is 0 Å². The minimum absolute atomic E-state index is 0.146. The van der Waals surface area contributed by atoms with Crippen molar-refractivity contribution in [1.82, 2.24) is 10.5 Å². The minimum Gasteiger partial charge on any atom is -0.480 e. The van der Waals surface area contributed by atoms with E-state index >= 15 is 0 Å². The molecule has 0 spiro atoms. The summed E-state index contributed by atoms with van der Waals surface area (Å²) in [5.41, 5.74) is 3.41. The molecule has 0 aliphatic carbocycles. The van der Waals surface area contributed by atoms with E-state index in [1.807, 2.05) is 121 Å². The quantitative estimate of drug-likeness (QED) is 0.0906. The number of carbonyl (C=O) groups excluding carboxylic acids is 1. The van der Waals surface area contributed by atoms with Crippen LogP contribution < -0.4 is 5.32 Å². The molecular weight excluding hydrogens is 728 g/mol. The summed E-state index contributed by atoms with van der Waals surface area (Å²) in [7, 11) is 0. The predicted molar refractivity (Wildman–Crippen MR) is 210 cm³/mol. The number of nitrogens with zero attached hydrogens (tertiary/aromatic N) is 1. The molecule has 0 radical (unpaired) electrons. The van der Waals surface area contributed by atoms with Crippen LogP contribution in [-0.2, 0) is 66.1 Å². The summed E-state index contributed by atoms with van der Waals surface area (Å²) in [6.45, 7) is 6.33. The molecule has 1 saturated heterocycles. The Balaban J connectivity index is 1.33. The van der Waals surface area contributed by atoms with Gasteiger partial charge in [0, 0.05) is 12.5 Å². The largest absolute Gasteiger partial charge is 0.480 e. The monoisotopic (exact) mass is 778 g/mol. The van der Waals surface area contributed by atoms with Gasteiger partial charge in [-0.25, -0.2) is 9.59 Å². The number of ether oxygens (including phenoxy) is 6. The third kappa shape index (κ3) is 12.6. The highest BCUT2D eigenvalue weighted by atomic mass is 16.6. The molecule has 1 aliphatic rings. The number of hydrogen-bond donors (Lipinski definition) is 2. The van der Waals surface area contributed by atoms with Gasteiger partial charge >= 0.3 is 12.1 Å². The second-order valence-corrected chi connectivity index (χ2v) is 14.8. The number of aromatic nitrogens is 1. The van der Waals surface area contributed by atoms with Crippen molar-refractivity contribution in [2.75, 3.05) is 6.61 Å². The molecule has 1 aliphatic heterocycles. The SMILES string of the molecule is CC(C)(C)OC(=O)N[C@@H](Cc1cc([C@@H]2O[C@H](COCc3ccccc3)[C@H](OCc3ccccc3)[C@H](OCc3ccccc3)[C@H]2OCc2ccccc2)no1)C(=O)O. The van der Waals surface area contributed by atoms with Gasteiger partial charge < -0.3 is 43.4 Å². The number of carbonyl (C=O) groups is 2. The molecule has 4 aromatic carbocycles. The zero-order valence-electron chi connectivity index (χ0n) is 32.4. The Hall–Kier alpha value is -5.37. The minimum atomic E-state index is -1.35. The number of nitrogens with one attached hydrogen (secondary N) is 1. The first-order chi connectivity index (χ1) is 27.6. The molecule has 12 heteroatoms. The third-order valence-corrected chi connectivity index (χ3v) is 9.15. The zero-order chi connectivity index (χ0) is 40.0. The number of rotatable bonds is 18. The summed E-state index contributed by atoms with van der Waals surface area (Å²) in [4.78, 5) is 24.8. The zero-order valence-corrected chi connectivity index (χ0v) is 32.4. The van der Waals surface area contributed by atoms with Crippen LogP contribution in [0.1, 0.15) is 60.6 Å². The van der Waals surface area contributed by atoms with Crippen molar-refractivity contribution >= 4 is 12.1 Å². The predicted octanol–water partition coefficient (Wildman–Crippen LogP) is 7.61. The Morgan fingerprint density at radius 3 is 1.67 bits per heavy atom. The van der Waals surface area contributed by atoms with Crippen LogP contribution in [0.15, 0.2) is 132 Å². The second kappa shape index (κ2) is 20.2. The first-order valence-electron chi connectivity index (χ1n) is 19.0. The molecule has 57 heavy (non-hydrogen) atoms. The average Bonchev–Trinajstić information content (AvgIpc) is 3.67. The fourth-order valence-electron chi connectivity index (χ4n) is 6.44.